The molecule has 2 aromatic rings. The van der Waals surface area contributed by atoms with Gasteiger partial charge in [0.15, 0.2) is 0 Å². The second kappa shape index (κ2) is 8.19. The van der Waals surface area contributed by atoms with Crippen LogP contribution in [0.5, 0.6) is 0 Å². The molecule has 2 nitrogen and oxygen atoms in total. The number of hydrogen-bond donors (Lipinski definition) is 0. The Morgan fingerprint density at radius 1 is 0.964 bits per heavy atom. The van der Waals surface area contributed by atoms with Crippen LogP contribution in [-0.4, -0.2) is 10.8 Å². The van der Waals surface area contributed by atoms with Crippen LogP contribution in [-0.2, 0) is 22.0 Å². The monoisotopic (exact) mass is 377 g/mol. The number of aryl methyl sites for hydroxylation is 1. The first kappa shape index (κ1) is 20.8. The van der Waals surface area contributed by atoms with Gasteiger partial charge in [0.1, 0.15) is 5.78 Å². The normalized spacial score (nSPS) is 17.2. The topological polar surface area (TPSA) is 30.0 Å². The van der Waals surface area contributed by atoms with Crippen LogP contribution in [0.1, 0.15) is 90.0 Å². The van der Waals surface area contributed by atoms with Gasteiger partial charge in [-0.1, -0.05) is 52.8 Å². The average molecular weight is 378 g/mol. The molecule has 0 amide bonds. The Balaban J connectivity index is 1.82. The van der Waals surface area contributed by atoms with Gasteiger partial charge in [0.25, 0.3) is 0 Å². The van der Waals surface area contributed by atoms with Crippen molar-refractivity contribution in [1.29, 1.82) is 0 Å². The predicted molar refractivity (Wildman–Crippen MR) is 118 cm³/mol. The number of rotatable bonds is 7. The van der Waals surface area contributed by atoms with Crippen molar-refractivity contribution in [1.82, 2.24) is 4.98 Å². The number of aromatic nitrogens is 1. The molecule has 1 aliphatic rings. The van der Waals surface area contributed by atoms with Gasteiger partial charge in [0, 0.05) is 24.1 Å². The number of nitrogens with zero attached hydrogens (tertiary/aromatic N) is 1. The first-order chi connectivity index (χ1) is 13.2. The van der Waals surface area contributed by atoms with Crippen molar-refractivity contribution in [2.45, 2.75) is 90.4 Å². The fourth-order valence-electron chi connectivity index (χ4n) is 4.40. The third kappa shape index (κ3) is 4.54. The van der Waals surface area contributed by atoms with Gasteiger partial charge in [-0.25, -0.2) is 0 Å². The molecule has 3 rings (SSSR count). The van der Waals surface area contributed by atoms with E-state index < -0.39 is 0 Å². The molecule has 1 heterocycles. The fraction of sp³-hybridized carbons (Fsp3) is 0.538. The molecule has 0 radical (unpaired) electrons. The minimum Gasteiger partial charge on any atom is -0.300 e. The van der Waals surface area contributed by atoms with E-state index in [-0.39, 0.29) is 10.8 Å². The van der Waals surface area contributed by atoms with Gasteiger partial charge in [-0.3, -0.25) is 9.78 Å². The van der Waals surface area contributed by atoms with Gasteiger partial charge < -0.3 is 0 Å². The number of carbonyl (C=O) groups is 1. The van der Waals surface area contributed by atoms with Crippen molar-refractivity contribution in [3.05, 3.63) is 53.2 Å². The largest absolute Gasteiger partial charge is 0.300 e. The summed E-state index contributed by atoms with van der Waals surface area (Å²) in [6.45, 7) is 11.5. The van der Waals surface area contributed by atoms with Gasteiger partial charge in [-0.2, -0.15) is 0 Å². The predicted octanol–water partition coefficient (Wildman–Crippen LogP) is 6.79. The summed E-state index contributed by atoms with van der Waals surface area (Å²) in [6.07, 6.45) is 6.52. The zero-order valence-electron chi connectivity index (χ0n) is 18.3. The van der Waals surface area contributed by atoms with E-state index in [0.717, 1.165) is 30.7 Å². The average Bonchev–Trinajstić information content (AvgIpc) is 2.66. The number of hydrogen-bond acceptors (Lipinski definition) is 2. The summed E-state index contributed by atoms with van der Waals surface area (Å²) in [5.74, 6) is 0.373. The molecule has 150 valence electrons. The first-order valence-corrected chi connectivity index (χ1v) is 10.9. The van der Waals surface area contributed by atoms with E-state index in [1.54, 1.807) is 0 Å². The molecule has 0 unspecified atom stereocenters. The summed E-state index contributed by atoms with van der Waals surface area (Å²) in [6, 6.07) is 13.2. The van der Waals surface area contributed by atoms with Crippen molar-refractivity contribution in [3.63, 3.8) is 0 Å². The molecule has 1 aromatic heterocycles. The molecule has 1 aromatic carbocycles. The van der Waals surface area contributed by atoms with Crippen LogP contribution in [0.3, 0.4) is 0 Å². The summed E-state index contributed by atoms with van der Waals surface area (Å²) >= 11 is 0. The van der Waals surface area contributed by atoms with E-state index in [9.17, 15) is 4.79 Å². The minimum absolute atomic E-state index is 0.206. The second-order valence-corrected chi connectivity index (χ2v) is 9.68. The molecule has 0 saturated heterocycles. The Bertz CT molecular complexity index is 847. The van der Waals surface area contributed by atoms with Gasteiger partial charge in [0.2, 0.25) is 0 Å². The van der Waals surface area contributed by atoms with E-state index in [4.69, 9.17) is 4.98 Å². The number of carbonyl (C=O) groups excluding carboxylic acids is 1. The highest BCUT2D eigenvalue weighted by Gasteiger charge is 2.37. The smallest absolute Gasteiger partial charge is 0.132 e. The summed E-state index contributed by atoms with van der Waals surface area (Å²) < 4.78 is 0. The third-order valence-electron chi connectivity index (χ3n) is 6.37. The zero-order valence-corrected chi connectivity index (χ0v) is 18.3. The number of pyridine rings is 1. The van der Waals surface area contributed by atoms with Crippen LogP contribution in [0.15, 0.2) is 36.4 Å². The number of Topliss-reactive ketones (excluding diaryl/α,β-unsaturated/α-hetero) is 1. The maximum absolute atomic E-state index is 11.8. The van der Waals surface area contributed by atoms with E-state index in [1.807, 2.05) is 0 Å². The summed E-state index contributed by atoms with van der Waals surface area (Å²) in [4.78, 5) is 16.7. The minimum atomic E-state index is 0.206. The van der Waals surface area contributed by atoms with Crippen molar-refractivity contribution < 1.29 is 4.79 Å². The van der Waals surface area contributed by atoms with Crippen molar-refractivity contribution in [3.8, 4) is 11.3 Å². The van der Waals surface area contributed by atoms with Crippen molar-refractivity contribution >= 4 is 5.78 Å². The molecule has 0 spiro atoms. The lowest BCUT2D eigenvalue weighted by atomic mass is 9.63. The molecule has 0 atom stereocenters. The summed E-state index contributed by atoms with van der Waals surface area (Å²) in [5.41, 5.74) is 6.73. The molecule has 1 aliphatic carbocycles. The number of benzene rings is 1. The SMILES string of the molecule is CCCC(=O)CCCc1cccc(-c2ccc3c(c2)C(C)(C)CCC3(C)C)n1. The Kier molecular flexibility index (Phi) is 6.07. The molecule has 28 heavy (non-hydrogen) atoms. The second-order valence-electron chi connectivity index (χ2n) is 9.68. The quantitative estimate of drug-likeness (QED) is 0.532. The van der Waals surface area contributed by atoms with Crippen LogP contribution in [0.25, 0.3) is 11.3 Å². The maximum atomic E-state index is 11.8. The number of fused-ring (bicyclic) bond motifs is 1. The van der Waals surface area contributed by atoms with E-state index in [1.165, 1.54) is 29.5 Å². The maximum Gasteiger partial charge on any atom is 0.132 e. The molecular weight excluding hydrogens is 342 g/mol. The molecule has 0 N–H and O–H groups in total. The van der Waals surface area contributed by atoms with Gasteiger partial charge >= 0.3 is 0 Å². The Morgan fingerprint density at radius 2 is 1.68 bits per heavy atom. The lowest BCUT2D eigenvalue weighted by Gasteiger charge is -2.42. The van der Waals surface area contributed by atoms with Crippen molar-refractivity contribution in [2.24, 2.45) is 0 Å². The molecule has 0 fully saturated rings. The molecular formula is C26H35NO. The standard InChI is InChI=1S/C26H35NO/c1-6-9-21(28)12-7-10-20-11-8-13-24(27-20)19-14-15-22-23(18-19)26(4,5)17-16-25(22,2)3/h8,11,13-15,18H,6-7,9-10,12,16-17H2,1-5H3. The van der Waals surface area contributed by atoms with Gasteiger partial charge in [-0.15, -0.1) is 0 Å². The lowest BCUT2D eigenvalue weighted by molar-refractivity contribution is -0.119. The fourth-order valence-corrected chi connectivity index (χ4v) is 4.40. The van der Waals surface area contributed by atoms with Gasteiger partial charge in [0.05, 0.1) is 5.69 Å². The molecule has 0 bridgehead atoms. The van der Waals surface area contributed by atoms with Crippen LogP contribution < -0.4 is 0 Å². The first-order valence-electron chi connectivity index (χ1n) is 10.9. The van der Waals surface area contributed by atoms with Crippen molar-refractivity contribution in [2.75, 3.05) is 0 Å². The molecule has 0 aliphatic heterocycles. The van der Waals surface area contributed by atoms with Crippen LogP contribution in [0, 0.1) is 0 Å². The Morgan fingerprint density at radius 3 is 2.39 bits per heavy atom. The van der Waals surface area contributed by atoms with Gasteiger partial charge in [-0.05, 0) is 72.3 Å². The van der Waals surface area contributed by atoms with Crippen LogP contribution in [0.4, 0.5) is 0 Å². The third-order valence-corrected chi connectivity index (χ3v) is 6.37. The van der Waals surface area contributed by atoms with E-state index >= 15 is 0 Å². The Hall–Kier alpha value is -1.96. The van der Waals surface area contributed by atoms with E-state index in [2.05, 4.69) is 71.0 Å². The highest BCUT2D eigenvalue weighted by atomic mass is 16.1. The summed E-state index contributed by atoms with van der Waals surface area (Å²) in [5, 5.41) is 0. The van der Waals surface area contributed by atoms with E-state index in [0.29, 0.717) is 18.6 Å². The summed E-state index contributed by atoms with van der Waals surface area (Å²) in [7, 11) is 0. The highest BCUT2D eigenvalue weighted by Crippen LogP contribution is 2.46. The molecule has 0 saturated carbocycles. The highest BCUT2D eigenvalue weighted by molar-refractivity contribution is 5.78. The molecule has 2 heteroatoms. The lowest BCUT2D eigenvalue weighted by Crippen LogP contribution is -2.33. The number of ketones is 1. The Labute approximate surface area is 170 Å². The van der Waals surface area contributed by atoms with Crippen LogP contribution in [0.2, 0.25) is 0 Å². The zero-order chi connectivity index (χ0) is 20.4. The van der Waals surface area contributed by atoms with Crippen LogP contribution >= 0.6 is 0 Å².